The zero-order valence-electron chi connectivity index (χ0n) is 15.7. The summed E-state index contributed by atoms with van der Waals surface area (Å²) in [4.78, 5) is 0. The number of aliphatic hydroxyl groups excluding tert-OH is 1. The third kappa shape index (κ3) is 2.46. The predicted octanol–water partition coefficient (Wildman–Crippen LogP) is 5.89. The quantitative estimate of drug-likeness (QED) is 0.552. The first-order valence-electron chi connectivity index (χ1n) is 10.0. The van der Waals surface area contributed by atoms with Crippen LogP contribution in [0.1, 0.15) is 79.1 Å². The monoisotopic (exact) mass is 316 g/mol. The van der Waals surface area contributed by atoms with Crippen LogP contribution in [-0.4, -0.2) is 11.2 Å². The topological polar surface area (TPSA) is 20.2 Å². The molecule has 4 aliphatic carbocycles. The summed E-state index contributed by atoms with van der Waals surface area (Å²) in [5.41, 5.74) is 3.93. The summed E-state index contributed by atoms with van der Waals surface area (Å²) in [6.07, 6.45) is 12.2. The maximum atomic E-state index is 10.0. The van der Waals surface area contributed by atoms with Crippen molar-refractivity contribution in [2.45, 2.75) is 85.2 Å². The van der Waals surface area contributed by atoms with Gasteiger partial charge in [0.05, 0.1) is 6.10 Å². The molecule has 0 bridgehead atoms. The first kappa shape index (κ1) is 17.3. The van der Waals surface area contributed by atoms with Crippen molar-refractivity contribution in [2.24, 2.45) is 28.6 Å². The highest BCUT2D eigenvalue weighted by atomic mass is 16.3. The van der Waals surface area contributed by atoms with Gasteiger partial charge in [0, 0.05) is 0 Å². The van der Waals surface area contributed by atoms with Crippen molar-refractivity contribution in [2.75, 3.05) is 0 Å². The van der Waals surface area contributed by atoms with E-state index < -0.39 is 0 Å². The van der Waals surface area contributed by atoms with Crippen LogP contribution >= 0.6 is 0 Å². The Morgan fingerprint density at radius 2 is 1.70 bits per heavy atom. The minimum atomic E-state index is -0.0824. The Labute approximate surface area is 143 Å². The lowest BCUT2D eigenvalue weighted by Crippen LogP contribution is -2.49. The van der Waals surface area contributed by atoms with Gasteiger partial charge in [-0.15, -0.1) is 0 Å². The van der Waals surface area contributed by atoms with Gasteiger partial charge in [-0.2, -0.15) is 0 Å². The molecule has 6 unspecified atom stereocenters. The number of fused-ring (bicyclic) bond motifs is 5. The molecule has 1 nitrogen and oxygen atoms in total. The minimum Gasteiger partial charge on any atom is -0.393 e. The molecule has 3 fully saturated rings. The molecule has 1 heteroatoms. The average Bonchev–Trinajstić information content (AvgIpc) is 2.86. The number of hydrogen-bond donors (Lipinski definition) is 1. The van der Waals surface area contributed by atoms with E-state index in [0.29, 0.717) is 10.8 Å². The molecule has 0 amide bonds. The van der Waals surface area contributed by atoms with Crippen LogP contribution in [0.2, 0.25) is 0 Å². The number of hydrogen-bond acceptors (Lipinski definition) is 1. The van der Waals surface area contributed by atoms with Gasteiger partial charge in [-0.25, -0.2) is 0 Å². The molecule has 0 radical (unpaired) electrons. The van der Waals surface area contributed by atoms with Gasteiger partial charge >= 0.3 is 0 Å². The van der Waals surface area contributed by atoms with Crippen molar-refractivity contribution >= 4 is 0 Å². The molecule has 130 valence electrons. The Bertz CT molecular complexity index is 504. The van der Waals surface area contributed by atoms with Gasteiger partial charge in [0.2, 0.25) is 0 Å². The van der Waals surface area contributed by atoms with Gasteiger partial charge in [0.1, 0.15) is 0 Å². The second-order valence-electron chi connectivity index (χ2n) is 8.75. The van der Waals surface area contributed by atoms with Crippen LogP contribution in [0.15, 0.2) is 23.8 Å². The van der Waals surface area contributed by atoms with Gasteiger partial charge < -0.3 is 5.11 Å². The van der Waals surface area contributed by atoms with E-state index >= 15 is 0 Å². The lowest BCUT2D eigenvalue weighted by molar-refractivity contribution is -0.0267. The number of rotatable bonds is 0. The predicted molar refractivity (Wildman–Crippen MR) is 98.2 cm³/mol. The first-order chi connectivity index (χ1) is 10.9. The van der Waals surface area contributed by atoms with E-state index in [4.69, 9.17) is 0 Å². The summed E-state index contributed by atoms with van der Waals surface area (Å²) in [6.45, 7) is 13.4. The summed E-state index contributed by atoms with van der Waals surface area (Å²) < 4.78 is 0. The molecule has 0 aromatic rings. The molecule has 4 rings (SSSR count). The van der Waals surface area contributed by atoms with E-state index in [1.807, 2.05) is 13.8 Å². The maximum absolute atomic E-state index is 10.0. The Morgan fingerprint density at radius 3 is 2.43 bits per heavy atom. The molecule has 6 atom stereocenters. The van der Waals surface area contributed by atoms with Crippen LogP contribution < -0.4 is 0 Å². The third-order valence-corrected chi connectivity index (χ3v) is 8.03. The van der Waals surface area contributed by atoms with Crippen LogP contribution in [0.25, 0.3) is 0 Å². The number of aliphatic hydroxyl groups is 1. The smallest absolute Gasteiger partial charge is 0.0577 e. The highest BCUT2D eigenvalue weighted by Crippen LogP contribution is 2.65. The van der Waals surface area contributed by atoms with Crippen LogP contribution in [-0.2, 0) is 0 Å². The zero-order chi connectivity index (χ0) is 16.8. The molecule has 4 aliphatic rings. The van der Waals surface area contributed by atoms with Crippen molar-refractivity contribution in [3.05, 3.63) is 23.8 Å². The van der Waals surface area contributed by atoms with Crippen LogP contribution in [0.5, 0.6) is 0 Å². The largest absolute Gasteiger partial charge is 0.393 e. The van der Waals surface area contributed by atoms with E-state index in [9.17, 15) is 5.11 Å². The van der Waals surface area contributed by atoms with E-state index in [0.717, 1.165) is 30.6 Å². The van der Waals surface area contributed by atoms with Crippen molar-refractivity contribution in [3.8, 4) is 0 Å². The fourth-order valence-corrected chi connectivity index (χ4v) is 6.55. The highest BCUT2D eigenvalue weighted by Gasteiger charge is 2.56. The summed E-state index contributed by atoms with van der Waals surface area (Å²) in [7, 11) is 0. The van der Waals surface area contributed by atoms with Gasteiger partial charge in [0.15, 0.2) is 0 Å². The summed E-state index contributed by atoms with van der Waals surface area (Å²) >= 11 is 0. The second kappa shape index (κ2) is 6.06. The summed E-state index contributed by atoms with van der Waals surface area (Å²) in [5.74, 6) is 2.59. The second-order valence-corrected chi connectivity index (χ2v) is 8.75. The Kier molecular flexibility index (Phi) is 4.55. The minimum absolute atomic E-state index is 0.0824. The molecule has 23 heavy (non-hydrogen) atoms. The number of allylic oxidation sites excluding steroid dienone is 2. The molecule has 0 heterocycles. The fraction of sp³-hybridized carbons (Fsp3) is 0.818. The molecule has 1 N–H and O–H groups in total. The summed E-state index contributed by atoms with van der Waals surface area (Å²) in [5, 5.41) is 10.0. The van der Waals surface area contributed by atoms with Crippen LogP contribution in [0.4, 0.5) is 0 Å². The molecular formula is C22H36O. The van der Waals surface area contributed by atoms with Crippen molar-refractivity contribution < 1.29 is 5.11 Å². The zero-order valence-corrected chi connectivity index (χ0v) is 15.7. The van der Waals surface area contributed by atoms with E-state index in [1.165, 1.54) is 44.1 Å². The standard InChI is InChI=1S/C20H30O.C2H6/c1-13-4-7-17-16-6-5-14-12-15(21)8-10-20(14,3)18(16)9-11-19(13,17)2;1-2/h5,15-18,21H,1,4,6-12H2,2-3H3;1-2H3. The Morgan fingerprint density at radius 1 is 1.04 bits per heavy atom. The van der Waals surface area contributed by atoms with Gasteiger partial charge in [-0.05, 0) is 80.0 Å². The lowest BCUT2D eigenvalue weighted by Gasteiger charge is -2.57. The van der Waals surface area contributed by atoms with Gasteiger partial charge in [-0.3, -0.25) is 0 Å². The molecule has 3 saturated carbocycles. The fourth-order valence-electron chi connectivity index (χ4n) is 6.55. The summed E-state index contributed by atoms with van der Waals surface area (Å²) in [6, 6.07) is 0. The molecule has 0 spiro atoms. The van der Waals surface area contributed by atoms with Crippen molar-refractivity contribution in [1.29, 1.82) is 0 Å². The Hall–Kier alpha value is -0.560. The van der Waals surface area contributed by atoms with Gasteiger partial charge in [0.25, 0.3) is 0 Å². The van der Waals surface area contributed by atoms with E-state index in [2.05, 4.69) is 26.5 Å². The Balaban J connectivity index is 0.000000753. The average molecular weight is 317 g/mol. The molecule has 0 aromatic heterocycles. The molecule has 0 aromatic carbocycles. The molecular weight excluding hydrogens is 280 g/mol. The lowest BCUT2D eigenvalue weighted by atomic mass is 9.48. The van der Waals surface area contributed by atoms with Crippen molar-refractivity contribution in [3.63, 3.8) is 0 Å². The maximum Gasteiger partial charge on any atom is 0.0577 e. The SMILES string of the molecule is C=C1CCC2C3CC=C4CC(O)CCC4(C)C3CCC12C.CC. The highest BCUT2D eigenvalue weighted by molar-refractivity contribution is 5.28. The van der Waals surface area contributed by atoms with E-state index in [-0.39, 0.29) is 6.10 Å². The first-order valence-corrected chi connectivity index (χ1v) is 10.0. The third-order valence-electron chi connectivity index (χ3n) is 8.03. The van der Waals surface area contributed by atoms with E-state index in [1.54, 1.807) is 5.57 Å². The molecule has 0 aliphatic heterocycles. The van der Waals surface area contributed by atoms with Crippen LogP contribution in [0, 0.1) is 28.6 Å². The van der Waals surface area contributed by atoms with Gasteiger partial charge in [-0.1, -0.05) is 51.5 Å². The molecule has 0 saturated heterocycles. The normalized spacial score (nSPS) is 48.4. The van der Waals surface area contributed by atoms with Crippen LogP contribution in [0.3, 0.4) is 0 Å². The van der Waals surface area contributed by atoms with Crippen molar-refractivity contribution in [1.82, 2.24) is 0 Å².